The molecule has 0 aliphatic heterocycles. The highest BCUT2D eigenvalue weighted by Gasteiger charge is 2.21. The van der Waals surface area contributed by atoms with Gasteiger partial charge in [0.05, 0.1) is 19.6 Å². The molecule has 0 bridgehead atoms. The monoisotopic (exact) mass is 476 g/mol. The molecule has 0 aliphatic carbocycles. The van der Waals surface area contributed by atoms with E-state index in [1.807, 2.05) is 17.5 Å². The van der Waals surface area contributed by atoms with Crippen molar-refractivity contribution in [1.82, 2.24) is 5.32 Å². The van der Waals surface area contributed by atoms with Gasteiger partial charge in [-0.15, -0.1) is 11.3 Å². The Hall–Kier alpha value is -2.91. The van der Waals surface area contributed by atoms with Gasteiger partial charge in [-0.25, -0.2) is 0 Å². The van der Waals surface area contributed by atoms with Crippen molar-refractivity contribution in [2.24, 2.45) is 0 Å². The largest absolute Gasteiger partial charge is 0.469 e. The Morgan fingerprint density at radius 2 is 1.97 bits per heavy atom. The number of anilines is 1. The molecule has 0 saturated heterocycles. The van der Waals surface area contributed by atoms with Gasteiger partial charge in [0.15, 0.2) is 10.4 Å². The van der Waals surface area contributed by atoms with E-state index in [9.17, 15) is 14.4 Å². The van der Waals surface area contributed by atoms with Gasteiger partial charge < -0.3 is 19.8 Å². The zero-order chi connectivity index (χ0) is 20.8. The topological polar surface area (TPSA) is 97.6 Å². The number of ether oxygens (including phenoxy) is 1. The maximum absolute atomic E-state index is 12.7. The standard InChI is InChI=1S/C20H17BrN2O5S/c1-27-18(24)11-14(16-6-3-9-29-16)23-19(25)12-4-2-5-13(10-12)22-20(26)15-7-8-17(21)28-15/h2-10,14H,11H2,1H3,(H,22,26)(H,23,25). The molecule has 7 nitrogen and oxygen atoms in total. The summed E-state index contributed by atoms with van der Waals surface area (Å²) >= 11 is 4.58. The summed E-state index contributed by atoms with van der Waals surface area (Å²) in [6.45, 7) is 0. The molecule has 2 aromatic heterocycles. The third-order valence-electron chi connectivity index (χ3n) is 3.97. The quantitative estimate of drug-likeness (QED) is 0.492. The zero-order valence-electron chi connectivity index (χ0n) is 15.3. The lowest BCUT2D eigenvalue weighted by Gasteiger charge is -2.17. The van der Waals surface area contributed by atoms with Crippen LogP contribution in [0.25, 0.3) is 0 Å². The molecule has 2 N–H and O–H groups in total. The molecular formula is C20H17BrN2O5S. The van der Waals surface area contributed by atoms with Gasteiger partial charge >= 0.3 is 5.97 Å². The van der Waals surface area contributed by atoms with E-state index in [4.69, 9.17) is 9.15 Å². The van der Waals surface area contributed by atoms with Gasteiger partial charge in [0.25, 0.3) is 11.8 Å². The summed E-state index contributed by atoms with van der Waals surface area (Å²) < 4.78 is 10.4. The highest BCUT2D eigenvalue weighted by Crippen LogP contribution is 2.23. The Kier molecular flexibility index (Phi) is 6.84. The Balaban J connectivity index is 1.72. The molecule has 0 spiro atoms. The van der Waals surface area contributed by atoms with Crippen molar-refractivity contribution >= 4 is 50.7 Å². The van der Waals surface area contributed by atoms with Crippen molar-refractivity contribution in [3.63, 3.8) is 0 Å². The number of esters is 1. The van der Waals surface area contributed by atoms with Gasteiger partial charge in [0.1, 0.15) is 0 Å². The smallest absolute Gasteiger partial charge is 0.307 e. The highest BCUT2D eigenvalue weighted by atomic mass is 79.9. The summed E-state index contributed by atoms with van der Waals surface area (Å²) in [5.41, 5.74) is 0.783. The Bertz CT molecular complexity index is 1020. The summed E-state index contributed by atoms with van der Waals surface area (Å²) in [5, 5.41) is 7.40. The average Bonchev–Trinajstić information content (AvgIpc) is 3.39. The number of hydrogen-bond donors (Lipinski definition) is 2. The first-order chi connectivity index (χ1) is 14.0. The van der Waals surface area contributed by atoms with Crippen LogP contribution in [0.15, 0.2) is 63.0 Å². The van der Waals surface area contributed by atoms with Crippen LogP contribution in [0.3, 0.4) is 0 Å². The van der Waals surface area contributed by atoms with Crippen molar-refractivity contribution < 1.29 is 23.5 Å². The van der Waals surface area contributed by atoms with Gasteiger partial charge in [-0.3, -0.25) is 14.4 Å². The number of carbonyl (C=O) groups excluding carboxylic acids is 3. The number of furan rings is 1. The van der Waals surface area contributed by atoms with Crippen LogP contribution >= 0.6 is 27.3 Å². The molecule has 3 aromatic rings. The zero-order valence-corrected chi connectivity index (χ0v) is 17.7. The van der Waals surface area contributed by atoms with E-state index < -0.39 is 17.9 Å². The third-order valence-corrected chi connectivity index (χ3v) is 5.38. The van der Waals surface area contributed by atoms with E-state index in [0.717, 1.165) is 4.88 Å². The first kappa shape index (κ1) is 20.8. The summed E-state index contributed by atoms with van der Waals surface area (Å²) in [7, 11) is 1.30. The highest BCUT2D eigenvalue weighted by molar-refractivity contribution is 9.10. The lowest BCUT2D eigenvalue weighted by atomic mass is 10.1. The van der Waals surface area contributed by atoms with Crippen LogP contribution in [0.5, 0.6) is 0 Å². The number of halogens is 1. The van der Waals surface area contributed by atoms with E-state index in [2.05, 4.69) is 26.6 Å². The fourth-order valence-electron chi connectivity index (χ4n) is 2.57. The Morgan fingerprint density at radius 1 is 1.14 bits per heavy atom. The number of hydrogen-bond acceptors (Lipinski definition) is 6. The van der Waals surface area contributed by atoms with Crippen molar-refractivity contribution in [3.8, 4) is 0 Å². The van der Waals surface area contributed by atoms with Crippen LogP contribution in [0.2, 0.25) is 0 Å². The van der Waals surface area contributed by atoms with Crippen LogP contribution in [0.4, 0.5) is 5.69 Å². The number of methoxy groups -OCH3 is 1. The van der Waals surface area contributed by atoms with Crippen LogP contribution in [0, 0.1) is 0 Å². The predicted molar refractivity (Wildman–Crippen MR) is 112 cm³/mol. The molecule has 0 fully saturated rings. The fraction of sp³-hybridized carbons (Fsp3) is 0.150. The Morgan fingerprint density at radius 3 is 2.62 bits per heavy atom. The second kappa shape index (κ2) is 9.53. The van der Waals surface area contributed by atoms with Gasteiger partial charge in [-0.2, -0.15) is 0 Å². The number of nitrogens with one attached hydrogen (secondary N) is 2. The Labute approximate surface area is 179 Å². The second-order valence-corrected chi connectivity index (χ2v) is 7.72. The molecule has 150 valence electrons. The molecule has 9 heteroatoms. The summed E-state index contributed by atoms with van der Waals surface area (Å²) in [6, 6.07) is 12.8. The molecule has 2 amide bonds. The maximum atomic E-state index is 12.7. The predicted octanol–water partition coefficient (Wildman–Crippen LogP) is 4.39. The van der Waals surface area contributed by atoms with E-state index in [-0.39, 0.29) is 18.1 Å². The van der Waals surface area contributed by atoms with Crippen LogP contribution in [0.1, 0.15) is 38.3 Å². The van der Waals surface area contributed by atoms with Gasteiger partial charge in [-0.1, -0.05) is 12.1 Å². The molecule has 1 unspecified atom stereocenters. The fourth-order valence-corrected chi connectivity index (χ4v) is 3.66. The van der Waals surface area contributed by atoms with E-state index >= 15 is 0 Å². The second-order valence-electron chi connectivity index (χ2n) is 5.96. The van der Waals surface area contributed by atoms with Crippen LogP contribution < -0.4 is 10.6 Å². The summed E-state index contributed by atoms with van der Waals surface area (Å²) in [6.07, 6.45) is 0.0204. The van der Waals surface area contributed by atoms with Gasteiger partial charge in [0, 0.05) is 16.1 Å². The summed E-state index contributed by atoms with van der Waals surface area (Å²) in [5.74, 6) is -1.09. The number of rotatable bonds is 7. The minimum atomic E-state index is -0.506. The SMILES string of the molecule is COC(=O)CC(NC(=O)c1cccc(NC(=O)c2ccc(Br)o2)c1)c1cccs1. The lowest BCUT2D eigenvalue weighted by Crippen LogP contribution is -2.30. The number of benzene rings is 1. The van der Waals surface area contributed by atoms with Crippen LogP contribution in [-0.2, 0) is 9.53 Å². The third kappa shape index (κ3) is 5.55. The maximum Gasteiger partial charge on any atom is 0.307 e. The van der Waals surface area contributed by atoms with E-state index in [1.54, 1.807) is 30.3 Å². The van der Waals surface area contributed by atoms with Crippen molar-refractivity contribution in [3.05, 3.63) is 74.8 Å². The van der Waals surface area contributed by atoms with Crippen molar-refractivity contribution in [1.29, 1.82) is 0 Å². The van der Waals surface area contributed by atoms with Gasteiger partial charge in [0.2, 0.25) is 0 Å². The first-order valence-electron chi connectivity index (χ1n) is 8.54. The number of thiophene rings is 1. The van der Waals surface area contributed by atoms with Crippen LogP contribution in [-0.4, -0.2) is 24.9 Å². The molecular weight excluding hydrogens is 460 g/mol. The van der Waals surface area contributed by atoms with E-state index in [1.165, 1.54) is 24.5 Å². The minimum absolute atomic E-state index is 0.0204. The van der Waals surface area contributed by atoms with Crippen molar-refractivity contribution in [2.45, 2.75) is 12.5 Å². The van der Waals surface area contributed by atoms with Crippen molar-refractivity contribution in [2.75, 3.05) is 12.4 Å². The average molecular weight is 477 g/mol. The molecule has 29 heavy (non-hydrogen) atoms. The molecule has 1 aromatic carbocycles. The van der Waals surface area contributed by atoms with Gasteiger partial charge in [-0.05, 0) is 57.7 Å². The normalized spacial score (nSPS) is 11.5. The molecule has 1 atom stereocenters. The lowest BCUT2D eigenvalue weighted by molar-refractivity contribution is -0.141. The summed E-state index contributed by atoms with van der Waals surface area (Å²) in [4.78, 5) is 37.5. The molecule has 0 aliphatic rings. The number of amides is 2. The number of carbonyl (C=O) groups is 3. The minimum Gasteiger partial charge on any atom is -0.469 e. The molecule has 3 rings (SSSR count). The molecule has 0 radical (unpaired) electrons. The molecule has 2 heterocycles. The van der Waals surface area contributed by atoms with E-state index in [0.29, 0.717) is 15.9 Å². The molecule has 0 saturated carbocycles. The first-order valence-corrected chi connectivity index (χ1v) is 10.2.